The van der Waals surface area contributed by atoms with Gasteiger partial charge < -0.3 is 19.5 Å². The van der Waals surface area contributed by atoms with Gasteiger partial charge in [0.15, 0.2) is 0 Å². The van der Waals surface area contributed by atoms with Gasteiger partial charge in [0.2, 0.25) is 0 Å². The van der Waals surface area contributed by atoms with Gasteiger partial charge in [-0.15, -0.1) is 6.58 Å². The number of hydrogen-bond acceptors (Lipinski definition) is 5. The lowest BCUT2D eigenvalue weighted by Gasteiger charge is -2.53. The third-order valence-electron chi connectivity index (χ3n) is 7.82. The van der Waals surface area contributed by atoms with E-state index >= 15 is 0 Å². The zero-order valence-corrected chi connectivity index (χ0v) is 26.6. The number of halogens is 3. The van der Waals surface area contributed by atoms with E-state index in [0.29, 0.717) is 28.7 Å². The van der Waals surface area contributed by atoms with Crippen LogP contribution in [0.2, 0.25) is 10.0 Å². The Kier molecular flexibility index (Phi) is 8.11. The first-order valence-electron chi connectivity index (χ1n) is 13.4. The molecule has 1 amide bonds. The number of rotatable bonds is 6. The highest BCUT2D eigenvalue weighted by atomic mass is 79.9. The molecule has 5 rings (SSSR count). The Hall–Kier alpha value is -2.71. The van der Waals surface area contributed by atoms with Gasteiger partial charge in [-0.3, -0.25) is 4.90 Å². The zero-order chi connectivity index (χ0) is 29.7. The largest absolute Gasteiger partial charge is 0.497 e. The normalized spacial score (nSPS) is 21.2. The van der Waals surface area contributed by atoms with E-state index in [4.69, 9.17) is 32.7 Å². The number of allylic oxidation sites excluding steroid dienone is 1. The van der Waals surface area contributed by atoms with Crippen LogP contribution in [0.5, 0.6) is 5.75 Å². The molecule has 0 fully saturated rings. The average Bonchev–Trinajstić information content (AvgIpc) is 3.16. The first kappa shape index (κ1) is 29.8. The van der Waals surface area contributed by atoms with Crippen LogP contribution in [0, 0.1) is 0 Å². The highest BCUT2D eigenvalue weighted by molar-refractivity contribution is 9.10. The Morgan fingerprint density at radius 1 is 1.15 bits per heavy atom. The van der Waals surface area contributed by atoms with E-state index in [1.807, 2.05) is 75.4 Å². The van der Waals surface area contributed by atoms with Gasteiger partial charge in [0.1, 0.15) is 17.5 Å². The molecule has 0 radical (unpaired) electrons. The summed E-state index contributed by atoms with van der Waals surface area (Å²) >= 11 is 17.3. The van der Waals surface area contributed by atoms with Crippen LogP contribution in [-0.2, 0) is 16.7 Å². The Balaban J connectivity index is 1.84. The molecule has 0 bridgehead atoms. The fraction of sp³-hybridized carbons (Fsp3) is 0.344. The van der Waals surface area contributed by atoms with Crippen molar-refractivity contribution in [3.05, 3.63) is 98.5 Å². The van der Waals surface area contributed by atoms with E-state index < -0.39 is 23.3 Å². The van der Waals surface area contributed by atoms with E-state index in [1.165, 1.54) is 0 Å². The molecule has 3 aromatic rings. The molecule has 0 aromatic heterocycles. The van der Waals surface area contributed by atoms with Crippen molar-refractivity contribution in [2.45, 2.75) is 56.8 Å². The molecule has 0 saturated heterocycles. The summed E-state index contributed by atoms with van der Waals surface area (Å²) < 4.78 is 12.2. The summed E-state index contributed by atoms with van der Waals surface area (Å²) in [7, 11) is 1.63. The van der Waals surface area contributed by atoms with Gasteiger partial charge in [-0.2, -0.15) is 0 Å². The van der Waals surface area contributed by atoms with Crippen LogP contribution in [0.1, 0.15) is 49.8 Å². The van der Waals surface area contributed by atoms with E-state index in [1.54, 1.807) is 18.1 Å². The Labute approximate surface area is 259 Å². The number of carbonyl (C=O) groups excluding carboxylic acids is 1. The van der Waals surface area contributed by atoms with Gasteiger partial charge in [0.25, 0.3) is 0 Å². The number of hydrogen-bond donors (Lipinski definition) is 1. The van der Waals surface area contributed by atoms with E-state index in [2.05, 4.69) is 27.4 Å². The Morgan fingerprint density at radius 2 is 1.85 bits per heavy atom. The van der Waals surface area contributed by atoms with Gasteiger partial charge >= 0.3 is 6.09 Å². The summed E-state index contributed by atoms with van der Waals surface area (Å²) in [5, 5.41) is 11.5. The number of benzene rings is 3. The predicted octanol–water partition coefficient (Wildman–Crippen LogP) is 8.46. The fourth-order valence-electron chi connectivity index (χ4n) is 6.39. The topological polar surface area (TPSA) is 62.2 Å². The second kappa shape index (κ2) is 11.2. The molecule has 0 unspecified atom stereocenters. The molecule has 2 aliphatic heterocycles. The van der Waals surface area contributed by atoms with Crippen molar-refractivity contribution in [3.63, 3.8) is 0 Å². The van der Waals surface area contributed by atoms with Crippen molar-refractivity contribution in [1.82, 2.24) is 0 Å². The van der Waals surface area contributed by atoms with E-state index in [-0.39, 0.29) is 12.5 Å². The molecule has 3 atom stereocenters. The maximum absolute atomic E-state index is 14.3. The number of ether oxygens (including phenoxy) is 2. The molecule has 0 aliphatic carbocycles. The highest BCUT2D eigenvalue weighted by Gasteiger charge is 2.62. The molecule has 216 valence electrons. The average molecular weight is 660 g/mol. The van der Waals surface area contributed by atoms with E-state index in [0.717, 1.165) is 32.6 Å². The van der Waals surface area contributed by atoms with Crippen LogP contribution in [0.15, 0.2) is 71.7 Å². The molecule has 2 heterocycles. The van der Waals surface area contributed by atoms with Crippen LogP contribution in [0.3, 0.4) is 0 Å². The van der Waals surface area contributed by atoms with Crippen molar-refractivity contribution in [1.29, 1.82) is 0 Å². The second-order valence-corrected chi connectivity index (χ2v) is 13.2. The summed E-state index contributed by atoms with van der Waals surface area (Å²) in [5.74, 6) is 0.462. The van der Waals surface area contributed by atoms with Gasteiger partial charge in [-0.05, 0) is 80.3 Å². The van der Waals surface area contributed by atoms with Crippen molar-refractivity contribution < 1.29 is 19.4 Å². The van der Waals surface area contributed by atoms with Crippen molar-refractivity contribution in [3.8, 4) is 5.75 Å². The summed E-state index contributed by atoms with van der Waals surface area (Å²) in [6, 6.07) is 17.3. The molecule has 9 heteroatoms. The number of aliphatic hydroxyl groups excluding tert-OH is 1. The number of nitrogens with zero attached hydrogens (tertiary/aromatic N) is 2. The SMILES string of the molecule is C=C[C@H]1c2ccc(Br)cc2N(C(=O)OC(C)(C)C)[C@@H]2N(Cc3ccc(OC)cc3)c3c(Cl)cc(Cl)cc3[C@]12CCO. The molecule has 0 spiro atoms. The van der Waals surface area contributed by atoms with Crippen molar-refractivity contribution in [2.24, 2.45) is 0 Å². The number of fused-ring (bicyclic) bond motifs is 4. The predicted molar refractivity (Wildman–Crippen MR) is 169 cm³/mol. The number of methoxy groups -OCH3 is 1. The summed E-state index contributed by atoms with van der Waals surface area (Å²) in [6.07, 6.45) is 1.10. The maximum atomic E-state index is 14.3. The minimum atomic E-state index is -0.843. The third kappa shape index (κ3) is 5.11. The molecular weight excluding hydrogens is 627 g/mol. The molecule has 1 N–H and O–H groups in total. The van der Waals surface area contributed by atoms with E-state index in [9.17, 15) is 9.90 Å². The number of anilines is 2. The Bertz CT molecular complexity index is 1490. The van der Waals surface area contributed by atoms with Gasteiger partial charge in [0.05, 0.1) is 23.5 Å². The molecular formula is C32H33BrCl2N2O4. The monoisotopic (exact) mass is 658 g/mol. The molecule has 0 saturated carbocycles. The lowest BCUT2D eigenvalue weighted by molar-refractivity contribution is 0.0529. The zero-order valence-electron chi connectivity index (χ0n) is 23.5. The number of aliphatic hydroxyl groups is 1. The van der Waals surface area contributed by atoms with Gasteiger partial charge in [0, 0.05) is 34.0 Å². The van der Waals surface area contributed by atoms with Crippen LogP contribution >= 0.6 is 39.1 Å². The summed E-state index contributed by atoms with van der Waals surface area (Å²) in [5.41, 5.74) is 2.61. The molecule has 41 heavy (non-hydrogen) atoms. The minimum absolute atomic E-state index is 0.130. The lowest BCUT2D eigenvalue weighted by Crippen LogP contribution is -2.63. The number of amides is 1. The summed E-state index contributed by atoms with van der Waals surface area (Å²) in [6.45, 7) is 10.1. The maximum Gasteiger partial charge on any atom is 0.416 e. The fourth-order valence-corrected chi connectivity index (χ4v) is 7.34. The van der Waals surface area contributed by atoms with Crippen LogP contribution in [0.4, 0.5) is 16.2 Å². The standard InChI is InChI=1S/C32H33BrCl2N2O4/c1-6-24-23-12-9-20(33)15-27(23)37(30(39)41-31(2,3)4)29-32(24,13-14-38)25-16-21(34)17-26(35)28(25)36(29)18-19-7-10-22(40-5)11-8-19/h6-12,15-17,24,29,38H,1,13-14,18H2,2-5H3/t24-,29-,32-/m0/s1. The van der Waals surface area contributed by atoms with Crippen LogP contribution in [-0.4, -0.2) is 36.7 Å². The van der Waals surface area contributed by atoms with Gasteiger partial charge in [-0.1, -0.05) is 63.4 Å². The van der Waals surface area contributed by atoms with Crippen LogP contribution in [0.25, 0.3) is 0 Å². The van der Waals surface area contributed by atoms with Crippen molar-refractivity contribution >= 4 is 56.6 Å². The third-order valence-corrected chi connectivity index (χ3v) is 8.82. The number of carbonyl (C=O) groups is 1. The Morgan fingerprint density at radius 3 is 2.46 bits per heavy atom. The van der Waals surface area contributed by atoms with Crippen LogP contribution < -0.4 is 14.5 Å². The highest BCUT2D eigenvalue weighted by Crippen LogP contribution is 2.63. The van der Waals surface area contributed by atoms with Crippen molar-refractivity contribution in [2.75, 3.05) is 23.5 Å². The summed E-state index contributed by atoms with van der Waals surface area (Å²) in [4.78, 5) is 18.1. The first-order valence-corrected chi connectivity index (χ1v) is 14.9. The molecule has 3 aromatic carbocycles. The second-order valence-electron chi connectivity index (χ2n) is 11.4. The first-order chi connectivity index (χ1) is 19.4. The quantitative estimate of drug-likeness (QED) is 0.269. The molecule has 2 aliphatic rings. The minimum Gasteiger partial charge on any atom is -0.497 e. The lowest BCUT2D eigenvalue weighted by atomic mass is 9.62. The molecule has 6 nitrogen and oxygen atoms in total. The smallest absolute Gasteiger partial charge is 0.416 e. The van der Waals surface area contributed by atoms with Gasteiger partial charge in [-0.25, -0.2) is 4.79 Å².